The SMILES string of the molecule is COc1cn(C(Cc2ccccn2)C(=O)O)c(=O)cc1-c1cc(Cl)ccc1C(F)F.Cl. The lowest BCUT2D eigenvalue weighted by atomic mass is 9.99. The van der Waals surface area contributed by atoms with Gasteiger partial charge in [0.2, 0.25) is 0 Å². The van der Waals surface area contributed by atoms with Crippen molar-refractivity contribution in [2.75, 3.05) is 7.11 Å². The lowest BCUT2D eigenvalue weighted by Gasteiger charge is -2.19. The highest BCUT2D eigenvalue weighted by Crippen LogP contribution is 2.37. The minimum Gasteiger partial charge on any atom is -0.495 e. The van der Waals surface area contributed by atoms with Crippen LogP contribution in [0.25, 0.3) is 11.1 Å². The Hall–Kier alpha value is -2.97. The van der Waals surface area contributed by atoms with Crippen LogP contribution >= 0.6 is 24.0 Å². The van der Waals surface area contributed by atoms with Crippen LogP contribution in [-0.2, 0) is 11.2 Å². The first-order valence-corrected chi connectivity index (χ1v) is 9.20. The molecule has 31 heavy (non-hydrogen) atoms. The molecule has 0 aliphatic carbocycles. The molecule has 10 heteroatoms. The zero-order chi connectivity index (χ0) is 21.8. The summed E-state index contributed by atoms with van der Waals surface area (Å²) in [7, 11) is 1.30. The van der Waals surface area contributed by atoms with Gasteiger partial charge in [0.25, 0.3) is 12.0 Å². The van der Waals surface area contributed by atoms with E-state index >= 15 is 0 Å². The molecule has 0 amide bonds. The number of aliphatic carboxylic acids is 1. The molecule has 164 valence electrons. The molecule has 6 nitrogen and oxygen atoms in total. The Morgan fingerprint density at radius 2 is 1.97 bits per heavy atom. The second-order valence-corrected chi connectivity index (χ2v) is 6.85. The molecule has 1 N–H and O–H groups in total. The molecule has 0 bridgehead atoms. The molecule has 0 aliphatic rings. The van der Waals surface area contributed by atoms with Crippen molar-refractivity contribution < 1.29 is 23.4 Å². The number of carboxylic acid groups (broad SMARTS) is 1. The number of carboxylic acids is 1. The van der Waals surface area contributed by atoms with E-state index in [2.05, 4.69) is 4.98 Å². The van der Waals surface area contributed by atoms with Crippen LogP contribution in [0, 0.1) is 0 Å². The van der Waals surface area contributed by atoms with Crippen LogP contribution in [0.5, 0.6) is 5.75 Å². The van der Waals surface area contributed by atoms with Crippen molar-refractivity contribution in [1.29, 1.82) is 0 Å². The molecule has 0 radical (unpaired) electrons. The van der Waals surface area contributed by atoms with Gasteiger partial charge in [-0.1, -0.05) is 23.7 Å². The van der Waals surface area contributed by atoms with Crippen LogP contribution in [0.3, 0.4) is 0 Å². The number of nitrogens with zero attached hydrogens (tertiary/aromatic N) is 2. The van der Waals surface area contributed by atoms with E-state index in [4.69, 9.17) is 16.3 Å². The summed E-state index contributed by atoms with van der Waals surface area (Å²) in [5.41, 5.74) is -0.393. The number of carbonyl (C=O) groups is 1. The Balaban J connectivity index is 0.00000341. The standard InChI is InChI=1S/C21H17ClF2N2O4.ClH/c1-30-18-11-26(17(21(28)29)9-13-4-2-3-7-25-13)19(27)10-16(18)15-8-12(22)5-6-14(15)20(23)24;/h2-8,10-11,17,20H,9H2,1H3,(H,28,29);1H. The van der Waals surface area contributed by atoms with Crippen LogP contribution in [-0.4, -0.2) is 27.7 Å². The first-order valence-electron chi connectivity index (χ1n) is 8.82. The van der Waals surface area contributed by atoms with E-state index in [9.17, 15) is 23.5 Å². The van der Waals surface area contributed by atoms with Crippen LogP contribution < -0.4 is 10.3 Å². The molecule has 0 saturated heterocycles. The molecule has 0 aliphatic heterocycles. The number of rotatable bonds is 7. The second-order valence-electron chi connectivity index (χ2n) is 6.41. The van der Waals surface area contributed by atoms with Crippen LogP contribution in [0.4, 0.5) is 8.78 Å². The average molecular weight is 471 g/mol. The molecule has 3 aromatic rings. The number of alkyl halides is 2. The predicted molar refractivity (Wildman–Crippen MR) is 115 cm³/mol. The van der Waals surface area contributed by atoms with Crippen molar-refractivity contribution in [3.05, 3.63) is 81.5 Å². The molecule has 1 unspecified atom stereocenters. The van der Waals surface area contributed by atoms with E-state index in [-0.39, 0.29) is 46.3 Å². The summed E-state index contributed by atoms with van der Waals surface area (Å²) in [5.74, 6) is -1.18. The fraction of sp³-hybridized carbons (Fsp3) is 0.190. The number of methoxy groups -OCH3 is 1. The zero-order valence-electron chi connectivity index (χ0n) is 16.2. The van der Waals surface area contributed by atoms with E-state index in [1.54, 1.807) is 18.2 Å². The first-order chi connectivity index (χ1) is 14.3. The Morgan fingerprint density at radius 3 is 2.55 bits per heavy atom. The van der Waals surface area contributed by atoms with Gasteiger partial charge in [-0.15, -0.1) is 12.4 Å². The maximum atomic E-state index is 13.5. The minimum atomic E-state index is -2.81. The van der Waals surface area contributed by atoms with Crippen molar-refractivity contribution >= 4 is 30.0 Å². The van der Waals surface area contributed by atoms with Crippen molar-refractivity contribution in [2.45, 2.75) is 18.9 Å². The van der Waals surface area contributed by atoms with Gasteiger partial charge in [0.05, 0.1) is 13.3 Å². The monoisotopic (exact) mass is 470 g/mol. The summed E-state index contributed by atoms with van der Waals surface area (Å²) in [5, 5.41) is 9.88. The van der Waals surface area contributed by atoms with Gasteiger partial charge in [-0.2, -0.15) is 0 Å². The van der Waals surface area contributed by atoms with Crippen molar-refractivity contribution in [2.24, 2.45) is 0 Å². The summed E-state index contributed by atoms with van der Waals surface area (Å²) in [6.07, 6.45) is -0.125. The maximum Gasteiger partial charge on any atom is 0.327 e. The van der Waals surface area contributed by atoms with E-state index in [0.717, 1.165) is 10.6 Å². The fourth-order valence-electron chi connectivity index (χ4n) is 3.12. The van der Waals surface area contributed by atoms with Gasteiger partial charge in [-0.25, -0.2) is 13.6 Å². The number of hydrogen-bond donors (Lipinski definition) is 1. The highest BCUT2D eigenvalue weighted by Gasteiger charge is 2.25. The zero-order valence-corrected chi connectivity index (χ0v) is 17.7. The largest absolute Gasteiger partial charge is 0.495 e. The van der Waals surface area contributed by atoms with Gasteiger partial charge < -0.3 is 9.84 Å². The fourth-order valence-corrected chi connectivity index (χ4v) is 3.29. The number of aromatic nitrogens is 2. The molecule has 0 spiro atoms. The Morgan fingerprint density at radius 1 is 1.23 bits per heavy atom. The highest BCUT2D eigenvalue weighted by molar-refractivity contribution is 6.30. The van der Waals surface area contributed by atoms with Crippen LogP contribution in [0.1, 0.15) is 23.7 Å². The maximum absolute atomic E-state index is 13.5. The average Bonchev–Trinajstić information content (AvgIpc) is 2.72. The lowest BCUT2D eigenvalue weighted by Crippen LogP contribution is -2.31. The molecular formula is C21H18Cl2F2N2O4. The normalized spacial score (nSPS) is 11.6. The minimum absolute atomic E-state index is 0. The topological polar surface area (TPSA) is 81.4 Å². The molecule has 2 aromatic heterocycles. The van der Waals surface area contributed by atoms with Gasteiger partial charge in [0.1, 0.15) is 11.8 Å². The summed E-state index contributed by atoms with van der Waals surface area (Å²) >= 11 is 5.97. The molecular weight excluding hydrogens is 453 g/mol. The van der Waals surface area contributed by atoms with E-state index in [1.165, 1.54) is 37.7 Å². The van der Waals surface area contributed by atoms with Gasteiger partial charge in [0.15, 0.2) is 0 Å². The number of pyridine rings is 2. The highest BCUT2D eigenvalue weighted by atomic mass is 35.5. The first kappa shape index (κ1) is 24.3. The third-order valence-electron chi connectivity index (χ3n) is 4.55. The summed E-state index contributed by atoms with van der Waals surface area (Å²) < 4.78 is 33.3. The third kappa shape index (κ3) is 5.39. The molecule has 0 fully saturated rings. The number of ether oxygens (including phenoxy) is 1. The van der Waals surface area contributed by atoms with E-state index in [0.29, 0.717) is 5.69 Å². The van der Waals surface area contributed by atoms with E-state index in [1.807, 2.05) is 0 Å². The molecule has 1 atom stereocenters. The van der Waals surface area contributed by atoms with Gasteiger partial charge in [0, 0.05) is 40.5 Å². The van der Waals surface area contributed by atoms with Gasteiger partial charge >= 0.3 is 5.97 Å². The molecule has 3 rings (SSSR count). The third-order valence-corrected chi connectivity index (χ3v) is 4.79. The summed E-state index contributed by atoms with van der Waals surface area (Å²) in [6.45, 7) is 0. The molecule has 1 aromatic carbocycles. The molecule has 0 saturated carbocycles. The summed E-state index contributed by atoms with van der Waals surface area (Å²) in [4.78, 5) is 28.7. The number of halogens is 4. The van der Waals surface area contributed by atoms with Gasteiger partial charge in [-0.05, 0) is 29.8 Å². The summed E-state index contributed by atoms with van der Waals surface area (Å²) in [6, 6.07) is 8.67. The van der Waals surface area contributed by atoms with E-state index < -0.39 is 24.0 Å². The van der Waals surface area contributed by atoms with Crippen molar-refractivity contribution in [1.82, 2.24) is 9.55 Å². The van der Waals surface area contributed by atoms with Crippen LogP contribution in [0.15, 0.2) is 59.7 Å². The Bertz CT molecular complexity index is 1120. The molecule has 2 heterocycles. The van der Waals surface area contributed by atoms with Crippen molar-refractivity contribution in [3.63, 3.8) is 0 Å². The Kier molecular flexibility index (Phi) is 8.13. The second kappa shape index (κ2) is 10.4. The quantitative estimate of drug-likeness (QED) is 0.536. The lowest BCUT2D eigenvalue weighted by molar-refractivity contribution is -0.141. The Labute approximate surface area is 187 Å². The predicted octanol–water partition coefficient (Wildman–Crippen LogP) is 4.80. The van der Waals surface area contributed by atoms with Crippen LogP contribution in [0.2, 0.25) is 5.02 Å². The smallest absolute Gasteiger partial charge is 0.327 e. The van der Waals surface area contributed by atoms with Gasteiger partial charge in [-0.3, -0.25) is 14.3 Å². The number of benzene rings is 1. The van der Waals surface area contributed by atoms with Crippen molar-refractivity contribution in [3.8, 4) is 16.9 Å². The number of hydrogen-bond acceptors (Lipinski definition) is 4.